The molecule has 1 fully saturated rings. The first-order chi connectivity index (χ1) is 13.5. The van der Waals surface area contributed by atoms with E-state index in [2.05, 4.69) is 10.3 Å². The summed E-state index contributed by atoms with van der Waals surface area (Å²) in [6.07, 6.45) is 0.129. The highest BCUT2D eigenvalue weighted by Gasteiger charge is 2.35. The van der Waals surface area contributed by atoms with Gasteiger partial charge in [-0.25, -0.2) is 9.37 Å². The van der Waals surface area contributed by atoms with Gasteiger partial charge in [-0.1, -0.05) is 12.1 Å². The number of rotatable bonds is 5. The van der Waals surface area contributed by atoms with Gasteiger partial charge in [0.2, 0.25) is 11.8 Å². The van der Waals surface area contributed by atoms with Crippen molar-refractivity contribution in [1.82, 2.24) is 10.3 Å². The Morgan fingerprint density at radius 3 is 2.96 bits per heavy atom. The van der Waals surface area contributed by atoms with Gasteiger partial charge in [0.25, 0.3) is 0 Å². The van der Waals surface area contributed by atoms with Crippen LogP contribution in [0.5, 0.6) is 0 Å². The lowest BCUT2D eigenvalue weighted by Gasteiger charge is -2.16. The van der Waals surface area contributed by atoms with Gasteiger partial charge in [-0.2, -0.15) is 0 Å². The number of carbonyl (C=O) groups is 2. The number of aryl methyl sites for hydroxylation is 1. The van der Waals surface area contributed by atoms with Gasteiger partial charge >= 0.3 is 0 Å². The van der Waals surface area contributed by atoms with Crippen LogP contribution in [0.15, 0.2) is 41.8 Å². The van der Waals surface area contributed by atoms with Crippen molar-refractivity contribution in [2.24, 2.45) is 5.92 Å². The largest absolute Gasteiger partial charge is 0.351 e. The molecule has 0 radical (unpaired) electrons. The van der Waals surface area contributed by atoms with Crippen LogP contribution in [-0.2, 0) is 16.1 Å². The normalized spacial score (nSPS) is 16.6. The highest BCUT2D eigenvalue weighted by molar-refractivity contribution is 7.21. The number of anilines is 1. The Bertz CT molecular complexity index is 1020. The third-order valence-corrected chi connectivity index (χ3v) is 6.86. The number of nitrogens with zero attached hydrogens (tertiary/aromatic N) is 2. The predicted octanol–water partition coefficient (Wildman–Crippen LogP) is 3.99. The second kappa shape index (κ2) is 7.81. The Balaban J connectivity index is 1.39. The molecule has 0 saturated carbocycles. The number of thiophene rings is 1. The van der Waals surface area contributed by atoms with Gasteiger partial charge < -0.3 is 10.2 Å². The molecule has 0 bridgehead atoms. The van der Waals surface area contributed by atoms with Gasteiger partial charge in [0.1, 0.15) is 10.8 Å². The molecule has 4 rings (SSSR count). The number of benzene rings is 1. The smallest absolute Gasteiger partial charge is 0.227 e. The van der Waals surface area contributed by atoms with E-state index in [1.54, 1.807) is 34.8 Å². The van der Waals surface area contributed by atoms with Crippen molar-refractivity contribution in [3.05, 3.63) is 58.2 Å². The molecule has 1 N–H and O–H groups in total. The Labute approximate surface area is 169 Å². The first-order valence-corrected chi connectivity index (χ1v) is 10.5. The standard InChI is InChI=1S/C20H18FN3O2S2/c1-12-17(28-20(23-12)16-6-3-7-27-16)10-22-19(26)13-8-18(25)24(11-13)15-5-2-4-14(21)9-15/h2-7,9,13H,8,10-11H2,1H3,(H,22,26)/t13-/m0/s1. The zero-order valence-electron chi connectivity index (χ0n) is 15.1. The fourth-order valence-electron chi connectivity index (χ4n) is 3.19. The lowest BCUT2D eigenvalue weighted by atomic mass is 10.1. The molecular weight excluding hydrogens is 397 g/mol. The molecule has 0 aliphatic carbocycles. The van der Waals surface area contributed by atoms with Crippen LogP contribution in [0.25, 0.3) is 9.88 Å². The van der Waals surface area contributed by atoms with Crippen molar-refractivity contribution in [3.63, 3.8) is 0 Å². The summed E-state index contributed by atoms with van der Waals surface area (Å²) >= 11 is 3.20. The van der Waals surface area contributed by atoms with Crippen LogP contribution in [0.2, 0.25) is 0 Å². The molecule has 2 amide bonds. The van der Waals surface area contributed by atoms with Crippen molar-refractivity contribution in [2.75, 3.05) is 11.4 Å². The Morgan fingerprint density at radius 2 is 2.21 bits per heavy atom. The number of amides is 2. The zero-order chi connectivity index (χ0) is 19.7. The average molecular weight is 416 g/mol. The van der Waals surface area contributed by atoms with Crippen LogP contribution in [0, 0.1) is 18.7 Å². The van der Waals surface area contributed by atoms with Crippen LogP contribution in [0.1, 0.15) is 17.0 Å². The van der Waals surface area contributed by atoms with Gasteiger partial charge in [-0.15, -0.1) is 22.7 Å². The van der Waals surface area contributed by atoms with Gasteiger partial charge in [0, 0.05) is 23.5 Å². The van der Waals surface area contributed by atoms with Crippen molar-refractivity contribution < 1.29 is 14.0 Å². The van der Waals surface area contributed by atoms with E-state index in [1.165, 1.54) is 17.0 Å². The highest BCUT2D eigenvalue weighted by Crippen LogP contribution is 2.31. The minimum Gasteiger partial charge on any atom is -0.351 e. The molecule has 3 aromatic rings. The van der Waals surface area contributed by atoms with E-state index in [9.17, 15) is 14.0 Å². The fourth-order valence-corrected chi connectivity index (χ4v) is 4.99. The number of halogens is 1. The second-order valence-electron chi connectivity index (χ2n) is 6.61. The van der Waals surface area contributed by atoms with Crippen molar-refractivity contribution in [3.8, 4) is 9.88 Å². The van der Waals surface area contributed by atoms with Gasteiger partial charge in [0.05, 0.1) is 23.0 Å². The van der Waals surface area contributed by atoms with Gasteiger partial charge in [0.15, 0.2) is 0 Å². The fraction of sp³-hybridized carbons (Fsp3) is 0.250. The molecule has 1 atom stereocenters. The van der Waals surface area contributed by atoms with Crippen molar-refractivity contribution >= 4 is 40.2 Å². The number of aromatic nitrogens is 1. The summed E-state index contributed by atoms with van der Waals surface area (Å²) in [6.45, 7) is 2.58. The summed E-state index contributed by atoms with van der Waals surface area (Å²) in [4.78, 5) is 33.0. The van der Waals surface area contributed by atoms with E-state index in [1.807, 2.05) is 24.4 Å². The summed E-state index contributed by atoms with van der Waals surface area (Å²) in [5.74, 6) is -1.18. The molecule has 5 nitrogen and oxygen atoms in total. The molecule has 1 aromatic carbocycles. The van der Waals surface area contributed by atoms with E-state index in [-0.39, 0.29) is 24.8 Å². The molecule has 28 heavy (non-hydrogen) atoms. The maximum atomic E-state index is 13.4. The Kier molecular flexibility index (Phi) is 5.23. The van der Waals surface area contributed by atoms with E-state index in [0.29, 0.717) is 12.2 Å². The molecule has 1 saturated heterocycles. The maximum Gasteiger partial charge on any atom is 0.227 e. The lowest BCUT2D eigenvalue weighted by molar-refractivity contribution is -0.126. The van der Waals surface area contributed by atoms with Gasteiger partial charge in [-0.3, -0.25) is 9.59 Å². The summed E-state index contributed by atoms with van der Waals surface area (Å²) < 4.78 is 13.4. The van der Waals surface area contributed by atoms with E-state index < -0.39 is 11.7 Å². The molecule has 2 aromatic heterocycles. The van der Waals surface area contributed by atoms with Crippen LogP contribution >= 0.6 is 22.7 Å². The molecule has 0 unspecified atom stereocenters. The van der Waals surface area contributed by atoms with Crippen LogP contribution in [0.4, 0.5) is 10.1 Å². The SMILES string of the molecule is Cc1nc(-c2cccs2)sc1CNC(=O)[C@H]1CC(=O)N(c2cccc(F)c2)C1. The topological polar surface area (TPSA) is 62.3 Å². The third-order valence-electron chi connectivity index (χ3n) is 4.66. The summed E-state index contributed by atoms with van der Waals surface area (Å²) in [7, 11) is 0. The summed E-state index contributed by atoms with van der Waals surface area (Å²) in [5, 5.41) is 5.88. The van der Waals surface area contributed by atoms with Crippen LogP contribution < -0.4 is 10.2 Å². The number of hydrogen-bond acceptors (Lipinski definition) is 5. The predicted molar refractivity (Wildman–Crippen MR) is 109 cm³/mol. The minimum absolute atomic E-state index is 0.129. The number of carbonyl (C=O) groups excluding carboxylic acids is 2. The van der Waals surface area contributed by atoms with Crippen molar-refractivity contribution in [1.29, 1.82) is 0 Å². The highest BCUT2D eigenvalue weighted by atomic mass is 32.1. The first kappa shape index (κ1) is 18.8. The second-order valence-corrected chi connectivity index (χ2v) is 8.64. The number of thiazole rings is 1. The lowest BCUT2D eigenvalue weighted by Crippen LogP contribution is -2.32. The monoisotopic (exact) mass is 415 g/mol. The third kappa shape index (κ3) is 3.83. The molecule has 144 valence electrons. The molecule has 1 aliphatic rings. The first-order valence-electron chi connectivity index (χ1n) is 8.85. The van der Waals surface area contributed by atoms with Crippen LogP contribution in [0.3, 0.4) is 0 Å². The minimum atomic E-state index is -0.444. The number of hydrogen-bond donors (Lipinski definition) is 1. The quantitative estimate of drug-likeness (QED) is 0.685. The molecule has 1 aliphatic heterocycles. The Morgan fingerprint density at radius 1 is 1.36 bits per heavy atom. The van der Waals surface area contributed by atoms with Crippen LogP contribution in [-0.4, -0.2) is 23.3 Å². The van der Waals surface area contributed by atoms with Crippen molar-refractivity contribution in [2.45, 2.75) is 19.9 Å². The molecule has 3 heterocycles. The van der Waals surface area contributed by atoms with Gasteiger partial charge in [-0.05, 0) is 36.6 Å². The van der Waals surface area contributed by atoms with E-state index in [4.69, 9.17) is 0 Å². The zero-order valence-corrected chi connectivity index (χ0v) is 16.8. The summed E-state index contributed by atoms with van der Waals surface area (Å²) in [5.41, 5.74) is 1.39. The maximum absolute atomic E-state index is 13.4. The molecule has 8 heteroatoms. The van der Waals surface area contributed by atoms with E-state index in [0.717, 1.165) is 20.5 Å². The molecule has 0 spiro atoms. The number of nitrogens with one attached hydrogen (secondary N) is 1. The average Bonchev–Trinajstić information content (AvgIpc) is 3.40. The summed E-state index contributed by atoms with van der Waals surface area (Å²) in [6, 6.07) is 9.88. The van der Waals surface area contributed by atoms with E-state index >= 15 is 0 Å². The Hall–Kier alpha value is -2.58. The molecular formula is C20H18FN3O2S2.